The van der Waals surface area contributed by atoms with Crippen molar-refractivity contribution in [1.29, 1.82) is 0 Å². The van der Waals surface area contributed by atoms with E-state index in [0.29, 0.717) is 0 Å². The van der Waals surface area contributed by atoms with E-state index in [1.54, 1.807) is 6.92 Å². The third-order valence-electron chi connectivity index (χ3n) is 2.25. The Kier molecular flexibility index (Phi) is 2.27. The number of rotatable bonds is 3. The van der Waals surface area contributed by atoms with Crippen molar-refractivity contribution >= 4 is 5.78 Å². The Labute approximate surface area is 73.6 Å². The summed E-state index contributed by atoms with van der Waals surface area (Å²) in [5.74, 6) is 1.01. The van der Waals surface area contributed by atoms with Gasteiger partial charge in [-0.25, -0.2) is 0 Å². The van der Waals surface area contributed by atoms with Crippen molar-refractivity contribution in [2.75, 3.05) is 0 Å². The zero-order valence-electron chi connectivity index (χ0n) is 8.23. The minimum Gasteiger partial charge on any atom is -0.485 e. The molecule has 1 fully saturated rings. The number of carbonyl (C=O) groups excluding carboxylic acids is 1. The minimum atomic E-state index is -0.653. The maximum Gasteiger partial charge on any atom is 0.172 e. The van der Waals surface area contributed by atoms with Crippen molar-refractivity contribution in [2.45, 2.75) is 46.1 Å². The first-order chi connectivity index (χ1) is 5.43. The summed E-state index contributed by atoms with van der Waals surface area (Å²) >= 11 is 0. The van der Waals surface area contributed by atoms with Gasteiger partial charge in [0.05, 0.1) is 5.76 Å². The first-order valence-corrected chi connectivity index (χ1v) is 4.32. The third-order valence-corrected chi connectivity index (χ3v) is 2.25. The van der Waals surface area contributed by atoms with Crippen LogP contribution < -0.4 is 0 Å². The molecule has 0 heterocycles. The Balaban J connectivity index is 2.61. The van der Waals surface area contributed by atoms with Crippen LogP contribution in [0.2, 0.25) is 0 Å². The van der Waals surface area contributed by atoms with Crippen LogP contribution in [0.15, 0.2) is 11.3 Å². The van der Waals surface area contributed by atoms with Gasteiger partial charge < -0.3 is 4.74 Å². The van der Waals surface area contributed by atoms with Crippen molar-refractivity contribution in [3.05, 3.63) is 11.3 Å². The summed E-state index contributed by atoms with van der Waals surface area (Å²) in [5, 5.41) is 0. The van der Waals surface area contributed by atoms with Gasteiger partial charge in [-0.1, -0.05) is 0 Å². The monoisotopic (exact) mass is 168 g/mol. The molecule has 0 spiro atoms. The van der Waals surface area contributed by atoms with Gasteiger partial charge in [-0.15, -0.1) is 0 Å². The van der Waals surface area contributed by atoms with Crippen LogP contribution in [0.1, 0.15) is 40.5 Å². The lowest BCUT2D eigenvalue weighted by Crippen LogP contribution is -2.32. The zero-order valence-corrected chi connectivity index (χ0v) is 8.23. The van der Waals surface area contributed by atoms with Crippen molar-refractivity contribution < 1.29 is 9.53 Å². The van der Waals surface area contributed by atoms with Gasteiger partial charge in [0.1, 0.15) is 0 Å². The third kappa shape index (κ3) is 2.10. The van der Waals surface area contributed by atoms with Gasteiger partial charge in [0.2, 0.25) is 0 Å². The number of hydrogen-bond donors (Lipinski definition) is 0. The molecular formula is C10H16O2. The predicted molar refractivity (Wildman–Crippen MR) is 47.8 cm³/mol. The maximum atomic E-state index is 11.1. The molecule has 2 heteroatoms. The predicted octanol–water partition coefficient (Wildman–Crippen LogP) is 2.44. The molecule has 0 unspecified atom stereocenters. The Bertz CT molecular complexity index is 230. The average molecular weight is 168 g/mol. The van der Waals surface area contributed by atoms with Crippen LogP contribution >= 0.6 is 0 Å². The van der Waals surface area contributed by atoms with Crippen molar-refractivity contribution in [2.24, 2.45) is 0 Å². The first-order valence-electron chi connectivity index (χ1n) is 4.32. The smallest absolute Gasteiger partial charge is 0.172 e. The summed E-state index contributed by atoms with van der Waals surface area (Å²) in [6, 6.07) is 0. The van der Waals surface area contributed by atoms with Gasteiger partial charge in [-0.05, 0) is 46.1 Å². The number of ether oxygens (including phenoxy) is 1. The van der Waals surface area contributed by atoms with Gasteiger partial charge >= 0.3 is 0 Å². The molecule has 1 rings (SSSR count). The molecule has 1 aliphatic rings. The van der Waals surface area contributed by atoms with E-state index in [0.717, 1.165) is 18.6 Å². The van der Waals surface area contributed by atoms with Gasteiger partial charge in [0.15, 0.2) is 11.4 Å². The number of ketones is 1. The highest BCUT2D eigenvalue weighted by atomic mass is 16.5. The number of Topliss-reactive ketones (excluding diaryl/α,β-unsaturated/α-hetero) is 1. The second kappa shape index (κ2) is 2.92. The van der Waals surface area contributed by atoms with Crippen LogP contribution in [0.3, 0.4) is 0 Å². The van der Waals surface area contributed by atoms with Crippen LogP contribution in [0, 0.1) is 0 Å². The minimum absolute atomic E-state index is 0.0723. The zero-order chi connectivity index (χ0) is 9.35. The molecule has 12 heavy (non-hydrogen) atoms. The molecule has 0 aromatic carbocycles. The fraction of sp³-hybridized carbons (Fsp3) is 0.700. The maximum absolute atomic E-state index is 11.1. The molecular weight excluding hydrogens is 152 g/mol. The molecule has 0 saturated heterocycles. The summed E-state index contributed by atoms with van der Waals surface area (Å²) < 4.78 is 5.55. The van der Waals surface area contributed by atoms with E-state index in [9.17, 15) is 4.79 Å². The summed E-state index contributed by atoms with van der Waals surface area (Å²) in [6.07, 6.45) is 2.28. The van der Waals surface area contributed by atoms with E-state index in [1.165, 1.54) is 5.57 Å². The second-order valence-corrected chi connectivity index (χ2v) is 3.83. The molecule has 0 amide bonds. The first kappa shape index (κ1) is 9.30. The van der Waals surface area contributed by atoms with Crippen LogP contribution in [0.25, 0.3) is 0 Å². The molecule has 0 N–H and O–H groups in total. The lowest BCUT2D eigenvalue weighted by molar-refractivity contribution is -0.133. The quantitative estimate of drug-likeness (QED) is 0.605. The number of carbonyl (C=O) groups is 1. The molecule has 1 aliphatic carbocycles. The van der Waals surface area contributed by atoms with E-state index in [1.807, 2.05) is 20.8 Å². The van der Waals surface area contributed by atoms with Crippen LogP contribution in [-0.2, 0) is 9.53 Å². The number of allylic oxidation sites excluding steroid dienone is 2. The fourth-order valence-corrected chi connectivity index (χ4v) is 0.941. The van der Waals surface area contributed by atoms with E-state index in [2.05, 4.69) is 0 Å². The van der Waals surface area contributed by atoms with Gasteiger partial charge in [-0.3, -0.25) is 4.79 Å². The molecule has 68 valence electrons. The van der Waals surface area contributed by atoms with Crippen LogP contribution in [-0.4, -0.2) is 11.4 Å². The lowest BCUT2D eigenvalue weighted by atomic mass is 10.1. The highest BCUT2D eigenvalue weighted by Crippen LogP contribution is 2.33. The largest absolute Gasteiger partial charge is 0.485 e. The van der Waals surface area contributed by atoms with Crippen molar-refractivity contribution in [3.8, 4) is 0 Å². The number of hydrogen-bond acceptors (Lipinski definition) is 2. The van der Waals surface area contributed by atoms with E-state index in [-0.39, 0.29) is 5.78 Å². The summed E-state index contributed by atoms with van der Waals surface area (Å²) in [7, 11) is 0. The summed E-state index contributed by atoms with van der Waals surface area (Å²) in [4.78, 5) is 11.1. The fourth-order valence-electron chi connectivity index (χ4n) is 0.941. The Morgan fingerprint density at radius 2 is 1.83 bits per heavy atom. The topological polar surface area (TPSA) is 26.3 Å². The van der Waals surface area contributed by atoms with Crippen LogP contribution in [0.4, 0.5) is 0 Å². The molecule has 0 atom stereocenters. The molecule has 2 nitrogen and oxygen atoms in total. The summed E-state index contributed by atoms with van der Waals surface area (Å²) in [6.45, 7) is 7.11. The summed E-state index contributed by atoms with van der Waals surface area (Å²) in [5.41, 5.74) is 0.698. The van der Waals surface area contributed by atoms with E-state index < -0.39 is 5.60 Å². The standard InChI is InChI=1S/C10H16O2/c1-7(9-5-6-9)12-10(3,4)8(2)11/h5-6H2,1-4H3. The van der Waals surface area contributed by atoms with Gasteiger partial charge in [0, 0.05) is 0 Å². The molecule has 0 aliphatic heterocycles. The Morgan fingerprint density at radius 1 is 1.33 bits per heavy atom. The normalized spacial score (nSPS) is 15.8. The lowest BCUT2D eigenvalue weighted by Gasteiger charge is -2.23. The highest BCUT2D eigenvalue weighted by Gasteiger charge is 2.28. The molecule has 0 aromatic rings. The van der Waals surface area contributed by atoms with Gasteiger partial charge in [0.25, 0.3) is 0 Å². The Morgan fingerprint density at radius 3 is 2.17 bits per heavy atom. The van der Waals surface area contributed by atoms with Crippen LogP contribution in [0.5, 0.6) is 0 Å². The van der Waals surface area contributed by atoms with Gasteiger partial charge in [-0.2, -0.15) is 0 Å². The Hall–Kier alpha value is -0.790. The van der Waals surface area contributed by atoms with Crippen molar-refractivity contribution in [1.82, 2.24) is 0 Å². The SMILES string of the molecule is CC(=O)C(C)(C)OC(C)=C1CC1. The second-order valence-electron chi connectivity index (χ2n) is 3.83. The van der Waals surface area contributed by atoms with Crippen molar-refractivity contribution in [3.63, 3.8) is 0 Å². The highest BCUT2D eigenvalue weighted by molar-refractivity contribution is 5.84. The van der Waals surface area contributed by atoms with E-state index in [4.69, 9.17) is 4.74 Å². The molecule has 0 aromatic heterocycles. The molecule has 1 saturated carbocycles. The molecule has 0 bridgehead atoms. The molecule has 0 radical (unpaired) electrons. The van der Waals surface area contributed by atoms with E-state index >= 15 is 0 Å². The average Bonchev–Trinajstić information content (AvgIpc) is 2.65.